The molecule has 1 aliphatic heterocycles. The van der Waals surface area contributed by atoms with E-state index in [9.17, 15) is 4.79 Å². The zero-order chi connectivity index (χ0) is 15.4. The minimum Gasteiger partial charge on any atom is -0.374 e. The van der Waals surface area contributed by atoms with E-state index < -0.39 is 0 Å². The van der Waals surface area contributed by atoms with Crippen LogP contribution in [0.15, 0.2) is 30.0 Å². The lowest BCUT2D eigenvalue weighted by atomic mass is 10.2. The van der Waals surface area contributed by atoms with Crippen molar-refractivity contribution < 1.29 is 9.53 Å². The second-order valence-electron chi connectivity index (χ2n) is 5.22. The molecule has 0 bridgehead atoms. The maximum Gasteiger partial charge on any atom is 0.243 e. The molecule has 1 N–H and O–H groups in total. The predicted octanol–water partition coefficient (Wildman–Crippen LogP) is 1.07. The van der Waals surface area contributed by atoms with Gasteiger partial charge in [-0.2, -0.15) is 5.10 Å². The average molecular weight is 321 g/mol. The monoisotopic (exact) mass is 321 g/mol. The van der Waals surface area contributed by atoms with E-state index >= 15 is 0 Å². The van der Waals surface area contributed by atoms with Crippen LogP contribution in [0.2, 0.25) is 0 Å². The quantitative estimate of drug-likeness (QED) is 0.892. The molecule has 8 heteroatoms. The van der Waals surface area contributed by atoms with E-state index in [-0.39, 0.29) is 18.1 Å². The molecule has 0 unspecified atom stereocenters. The highest BCUT2D eigenvalue weighted by Crippen LogP contribution is 2.14. The fourth-order valence-electron chi connectivity index (χ4n) is 2.48. The third kappa shape index (κ3) is 3.70. The van der Waals surface area contributed by atoms with Gasteiger partial charge in [0.05, 0.1) is 25.3 Å². The third-order valence-electron chi connectivity index (χ3n) is 3.71. The highest BCUT2D eigenvalue weighted by Gasteiger charge is 2.28. The number of hydrogen-bond acceptors (Lipinski definition) is 6. The Morgan fingerprint density at radius 2 is 2.50 bits per heavy atom. The van der Waals surface area contributed by atoms with Gasteiger partial charge in [-0.05, 0) is 13.0 Å². The molecule has 0 aliphatic carbocycles. The van der Waals surface area contributed by atoms with Gasteiger partial charge in [0.2, 0.25) is 5.91 Å². The topological polar surface area (TPSA) is 72.3 Å². The van der Waals surface area contributed by atoms with E-state index in [1.807, 2.05) is 29.2 Å². The standard InChI is InChI=1S/C14H19N5O2S/c1-11(13(20)17-14-15-4-8-22-14)18-6-7-21-12(9-18)10-19-5-2-3-16-19/h2-5,8,11-12H,6-7,9-10H2,1H3,(H,15,17,20)/t11-,12-/m0/s1. The Balaban J connectivity index is 1.55. The summed E-state index contributed by atoms with van der Waals surface area (Å²) in [4.78, 5) is 18.5. The molecule has 7 nitrogen and oxygen atoms in total. The van der Waals surface area contributed by atoms with E-state index in [1.54, 1.807) is 12.4 Å². The Hall–Kier alpha value is -1.77. The summed E-state index contributed by atoms with van der Waals surface area (Å²) in [6.45, 7) is 4.71. The van der Waals surface area contributed by atoms with Crippen LogP contribution < -0.4 is 5.32 Å². The third-order valence-corrected chi connectivity index (χ3v) is 4.40. The summed E-state index contributed by atoms with van der Waals surface area (Å²) in [7, 11) is 0. The number of rotatable bonds is 5. The molecule has 1 aliphatic rings. The minimum absolute atomic E-state index is 0.0327. The number of carbonyl (C=O) groups excluding carboxylic acids is 1. The van der Waals surface area contributed by atoms with Crippen LogP contribution in [0.5, 0.6) is 0 Å². The van der Waals surface area contributed by atoms with Gasteiger partial charge in [0, 0.05) is 37.1 Å². The lowest BCUT2D eigenvalue weighted by Crippen LogP contribution is -2.51. The molecular weight excluding hydrogens is 302 g/mol. The number of hydrogen-bond donors (Lipinski definition) is 1. The van der Waals surface area contributed by atoms with Crippen molar-refractivity contribution in [3.05, 3.63) is 30.0 Å². The number of anilines is 1. The van der Waals surface area contributed by atoms with E-state index in [4.69, 9.17) is 4.74 Å². The lowest BCUT2D eigenvalue weighted by Gasteiger charge is -2.35. The molecule has 0 aromatic carbocycles. The Labute approximate surface area is 132 Å². The van der Waals surface area contributed by atoms with Gasteiger partial charge in [0.25, 0.3) is 0 Å². The van der Waals surface area contributed by atoms with Crippen molar-refractivity contribution in [3.8, 4) is 0 Å². The first-order valence-electron chi connectivity index (χ1n) is 7.26. The van der Waals surface area contributed by atoms with Crippen LogP contribution in [-0.2, 0) is 16.1 Å². The molecule has 0 spiro atoms. The van der Waals surface area contributed by atoms with Crippen LogP contribution in [-0.4, -0.2) is 57.4 Å². The van der Waals surface area contributed by atoms with Crippen LogP contribution in [0.25, 0.3) is 0 Å². The SMILES string of the molecule is C[C@@H](C(=O)Nc1nccs1)N1CCO[C@H](Cn2cccn2)C1. The molecule has 1 fully saturated rings. The molecular formula is C14H19N5O2S. The van der Waals surface area contributed by atoms with Crippen molar-refractivity contribution in [2.75, 3.05) is 25.0 Å². The summed E-state index contributed by atoms with van der Waals surface area (Å²) in [5, 5.41) is 9.52. The highest BCUT2D eigenvalue weighted by molar-refractivity contribution is 7.13. The molecule has 3 heterocycles. The Bertz CT molecular complexity index is 586. The summed E-state index contributed by atoms with van der Waals surface area (Å²) in [6, 6.07) is 1.68. The molecule has 2 aromatic heterocycles. The Morgan fingerprint density at radius 1 is 1.59 bits per heavy atom. The van der Waals surface area contributed by atoms with E-state index in [2.05, 4.69) is 20.3 Å². The number of morpholine rings is 1. The van der Waals surface area contributed by atoms with Crippen LogP contribution in [0.4, 0.5) is 5.13 Å². The van der Waals surface area contributed by atoms with E-state index in [1.165, 1.54) is 11.3 Å². The van der Waals surface area contributed by atoms with Crippen LogP contribution in [0.3, 0.4) is 0 Å². The minimum atomic E-state index is -0.215. The average Bonchev–Trinajstić information content (AvgIpc) is 3.20. The summed E-state index contributed by atoms with van der Waals surface area (Å²) >= 11 is 1.42. The van der Waals surface area contributed by atoms with Crippen LogP contribution in [0.1, 0.15) is 6.92 Å². The van der Waals surface area contributed by atoms with Crippen LogP contribution in [0, 0.1) is 0 Å². The van der Waals surface area contributed by atoms with E-state index in [0.29, 0.717) is 24.8 Å². The number of nitrogens with zero attached hydrogens (tertiary/aromatic N) is 4. The Kier molecular flexibility index (Phi) is 4.81. The molecule has 0 saturated carbocycles. The molecule has 118 valence electrons. The maximum absolute atomic E-state index is 12.3. The zero-order valence-electron chi connectivity index (χ0n) is 12.4. The largest absolute Gasteiger partial charge is 0.374 e. The lowest BCUT2D eigenvalue weighted by molar-refractivity contribution is -0.124. The molecule has 3 rings (SSSR count). The van der Waals surface area contributed by atoms with E-state index in [0.717, 1.165) is 6.54 Å². The van der Waals surface area contributed by atoms with Gasteiger partial charge in [0.15, 0.2) is 5.13 Å². The molecule has 22 heavy (non-hydrogen) atoms. The molecule has 1 saturated heterocycles. The van der Waals surface area contributed by atoms with Gasteiger partial charge in [-0.15, -0.1) is 11.3 Å². The van der Waals surface area contributed by atoms with Gasteiger partial charge >= 0.3 is 0 Å². The second kappa shape index (κ2) is 6.99. The first kappa shape index (κ1) is 15.1. The number of amides is 1. The summed E-state index contributed by atoms with van der Waals surface area (Å²) < 4.78 is 7.63. The van der Waals surface area contributed by atoms with Crippen molar-refractivity contribution in [2.24, 2.45) is 0 Å². The van der Waals surface area contributed by atoms with Crippen molar-refractivity contribution in [1.29, 1.82) is 0 Å². The fourth-order valence-corrected chi connectivity index (χ4v) is 3.01. The number of aromatic nitrogens is 3. The molecule has 1 amide bonds. The first-order valence-corrected chi connectivity index (χ1v) is 8.14. The summed E-state index contributed by atoms with van der Waals surface area (Å²) in [5.41, 5.74) is 0. The maximum atomic E-state index is 12.3. The zero-order valence-corrected chi connectivity index (χ0v) is 13.2. The van der Waals surface area contributed by atoms with Crippen molar-refractivity contribution in [3.63, 3.8) is 0 Å². The van der Waals surface area contributed by atoms with Crippen molar-refractivity contribution in [2.45, 2.75) is 25.6 Å². The smallest absolute Gasteiger partial charge is 0.243 e. The normalized spacial score (nSPS) is 20.7. The second-order valence-corrected chi connectivity index (χ2v) is 6.11. The van der Waals surface area contributed by atoms with Gasteiger partial charge in [-0.25, -0.2) is 4.98 Å². The number of carbonyl (C=O) groups is 1. The Morgan fingerprint density at radius 3 is 3.23 bits per heavy atom. The number of nitrogens with one attached hydrogen (secondary N) is 1. The van der Waals surface area contributed by atoms with Gasteiger partial charge in [-0.1, -0.05) is 0 Å². The van der Waals surface area contributed by atoms with Crippen LogP contribution >= 0.6 is 11.3 Å². The highest BCUT2D eigenvalue weighted by atomic mass is 32.1. The molecule has 2 atom stereocenters. The fraction of sp³-hybridized carbons (Fsp3) is 0.500. The molecule has 2 aromatic rings. The summed E-state index contributed by atoms with van der Waals surface area (Å²) in [6.07, 6.45) is 5.40. The van der Waals surface area contributed by atoms with Gasteiger partial charge < -0.3 is 10.1 Å². The number of ether oxygens (including phenoxy) is 1. The number of thiazole rings is 1. The van der Waals surface area contributed by atoms with Gasteiger partial charge in [-0.3, -0.25) is 14.4 Å². The molecule has 0 radical (unpaired) electrons. The first-order chi connectivity index (χ1) is 10.7. The predicted molar refractivity (Wildman–Crippen MR) is 83.7 cm³/mol. The summed E-state index contributed by atoms with van der Waals surface area (Å²) in [5.74, 6) is -0.0327. The van der Waals surface area contributed by atoms with Crippen molar-refractivity contribution in [1.82, 2.24) is 19.7 Å². The van der Waals surface area contributed by atoms with Gasteiger partial charge in [0.1, 0.15) is 0 Å². The van der Waals surface area contributed by atoms with Crippen molar-refractivity contribution >= 4 is 22.4 Å².